The third-order valence-electron chi connectivity index (χ3n) is 6.69. The van der Waals surface area contributed by atoms with Gasteiger partial charge >= 0.3 is 0 Å². The lowest BCUT2D eigenvalue weighted by atomic mass is 9.71. The van der Waals surface area contributed by atoms with E-state index in [1.54, 1.807) is 6.20 Å². The van der Waals surface area contributed by atoms with Gasteiger partial charge in [0.15, 0.2) is 0 Å². The molecule has 2 N–H and O–H groups in total. The lowest BCUT2D eigenvalue weighted by molar-refractivity contribution is 0.0823. The fourth-order valence-electron chi connectivity index (χ4n) is 4.86. The van der Waals surface area contributed by atoms with Gasteiger partial charge in [0, 0.05) is 0 Å². The molecule has 0 saturated heterocycles. The summed E-state index contributed by atoms with van der Waals surface area (Å²) in [6.07, 6.45) is 5.68. The molecule has 2 aromatic carbocycles. The molecule has 0 bridgehead atoms. The van der Waals surface area contributed by atoms with Crippen LogP contribution in [0.5, 0.6) is 0 Å². The number of fused-ring (bicyclic) bond motifs is 1. The molecule has 2 aliphatic rings. The van der Waals surface area contributed by atoms with Gasteiger partial charge in [-0.2, -0.15) is 5.10 Å². The molecule has 154 valence electrons. The van der Waals surface area contributed by atoms with Gasteiger partial charge in [-0.25, -0.2) is 4.68 Å². The van der Waals surface area contributed by atoms with E-state index in [-0.39, 0.29) is 23.0 Å². The van der Waals surface area contributed by atoms with Crippen LogP contribution in [-0.4, -0.2) is 15.7 Å². The van der Waals surface area contributed by atoms with Crippen LogP contribution in [0.25, 0.3) is 0 Å². The SMILES string of the molecule is CC1(C)CC(c2ccccc2)Nc2c(C(=O)NC3(c4ccccc4)CCC3)cnn21. The van der Waals surface area contributed by atoms with E-state index in [1.165, 1.54) is 11.1 Å². The Morgan fingerprint density at radius 3 is 2.37 bits per heavy atom. The summed E-state index contributed by atoms with van der Waals surface area (Å²) in [5.41, 5.74) is 2.57. The number of benzene rings is 2. The fourth-order valence-corrected chi connectivity index (χ4v) is 4.86. The summed E-state index contributed by atoms with van der Waals surface area (Å²) < 4.78 is 1.97. The van der Waals surface area contributed by atoms with Gasteiger partial charge in [0.1, 0.15) is 11.4 Å². The predicted octanol–water partition coefficient (Wildman–Crippen LogP) is 4.98. The Labute approximate surface area is 177 Å². The van der Waals surface area contributed by atoms with E-state index in [0.717, 1.165) is 31.5 Å². The minimum atomic E-state index is -0.268. The highest BCUT2D eigenvalue weighted by Gasteiger charge is 2.42. The second-order valence-electron chi connectivity index (χ2n) is 9.20. The van der Waals surface area contributed by atoms with Gasteiger partial charge in [0.25, 0.3) is 5.91 Å². The Hall–Kier alpha value is -3.08. The van der Waals surface area contributed by atoms with Crippen LogP contribution >= 0.6 is 0 Å². The smallest absolute Gasteiger partial charge is 0.257 e. The van der Waals surface area contributed by atoms with Gasteiger partial charge in [-0.05, 0) is 50.7 Å². The van der Waals surface area contributed by atoms with E-state index in [1.807, 2.05) is 28.9 Å². The van der Waals surface area contributed by atoms with Crippen molar-refractivity contribution in [2.75, 3.05) is 5.32 Å². The zero-order valence-electron chi connectivity index (χ0n) is 17.6. The summed E-state index contributed by atoms with van der Waals surface area (Å²) in [4.78, 5) is 13.4. The number of aromatic nitrogens is 2. The third kappa shape index (κ3) is 3.09. The van der Waals surface area contributed by atoms with Crippen molar-refractivity contribution in [3.8, 4) is 0 Å². The first kappa shape index (κ1) is 18.9. The maximum Gasteiger partial charge on any atom is 0.257 e. The van der Waals surface area contributed by atoms with Gasteiger partial charge < -0.3 is 10.6 Å². The summed E-state index contributed by atoms with van der Waals surface area (Å²) in [5.74, 6) is 0.747. The van der Waals surface area contributed by atoms with Crippen molar-refractivity contribution in [3.63, 3.8) is 0 Å². The first-order chi connectivity index (χ1) is 14.5. The number of hydrogen-bond donors (Lipinski definition) is 2. The first-order valence-electron chi connectivity index (χ1n) is 10.8. The molecule has 1 aliphatic carbocycles. The van der Waals surface area contributed by atoms with Crippen molar-refractivity contribution in [1.29, 1.82) is 0 Å². The third-order valence-corrected chi connectivity index (χ3v) is 6.69. The minimum Gasteiger partial charge on any atom is -0.363 e. The zero-order chi connectivity index (χ0) is 20.8. The summed E-state index contributed by atoms with van der Waals surface area (Å²) in [5, 5.41) is 11.5. The first-order valence-corrected chi connectivity index (χ1v) is 10.8. The molecule has 3 aromatic rings. The number of amides is 1. The van der Waals surface area contributed by atoms with Crippen LogP contribution in [0.2, 0.25) is 0 Å². The quantitative estimate of drug-likeness (QED) is 0.649. The molecule has 1 saturated carbocycles. The predicted molar refractivity (Wildman–Crippen MR) is 118 cm³/mol. The molecule has 0 radical (unpaired) electrons. The summed E-state index contributed by atoms with van der Waals surface area (Å²) >= 11 is 0. The molecule has 5 rings (SSSR count). The van der Waals surface area contributed by atoms with Gasteiger partial charge in [-0.15, -0.1) is 0 Å². The molecule has 30 heavy (non-hydrogen) atoms. The minimum absolute atomic E-state index is 0.0585. The zero-order valence-corrected chi connectivity index (χ0v) is 17.6. The largest absolute Gasteiger partial charge is 0.363 e. The number of carbonyl (C=O) groups excluding carboxylic acids is 1. The number of nitrogens with one attached hydrogen (secondary N) is 2. The van der Waals surface area contributed by atoms with E-state index in [4.69, 9.17) is 0 Å². The van der Waals surface area contributed by atoms with Gasteiger partial charge in [0.2, 0.25) is 0 Å². The number of hydrogen-bond acceptors (Lipinski definition) is 3. The lowest BCUT2D eigenvalue weighted by Crippen LogP contribution is -2.51. The van der Waals surface area contributed by atoms with Gasteiger partial charge in [0.05, 0.1) is 23.3 Å². The van der Waals surface area contributed by atoms with Gasteiger partial charge in [-0.1, -0.05) is 60.7 Å². The Bertz CT molecular complexity index is 1050. The maximum absolute atomic E-state index is 13.4. The lowest BCUT2D eigenvalue weighted by Gasteiger charge is -2.43. The van der Waals surface area contributed by atoms with Crippen molar-refractivity contribution in [2.24, 2.45) is 0 Å². The van der Waals surface area contributed by atoms with Crippen LogP contribution in [0.4, 0.5) is 5.82 Å². The normalized spacial score (nSPS) is 21.1. The molecule has 1 amide bonds. The number of nitrogens with zero attached hydrogens (tertiary/aromatic N) is 2. The van der Waals surface area contributed by atoms with Crippen molar-refractivity contribution >= 4 is 11.7 Å². The van der Waals surface area contributed by atoms with Crippen molar-refractivity contribution in [3.05, 3.63) is 83.6 Å². The molecule has 0 spiro atoms. The Morgan fingerprint density at radius 2 is 1.73 bits per heavy atom. The van der Waals surface area contributed by atoms with Crippen molar-refractivity contribution in [2.45, 2.75) is 56.7 Å². The standard InChI is InChI=1S/C25H28N4O/c1-24(2)16-21(18-10-5-3-6-11-18)27-22-20(17-26-29(22)24)23(30)28-25(14-9-15-25)19-12-7-4-8-13-19/h3-8,10-13,17,21,27H,9,14-16H2,1-2H3,(H,28,30). The molecule has 2 heterocycles. The fraction of sp³-hybridized carbons (Fsp3) is 0.360. The molecule has 1 fully saturated rings. The molecule has 1 aromatic heterocycles. The highest BCUT2D eigenvalue weighted by Crippen LogP contribution is 2.43. The molecular formula is C25H28N4O. The van der Waals surface area contributed by atoms with Crippen LogP contribution in [0.15, 0.2) is 66.9 Å². The monoisotopic (exact) mass is 400 g/mol. The molecule has 5 nitrogen and oxygen atoms in total. The number of anilines is 1. The van der Waals surface area contributed by atoms with Crippen LogP contribution in [0.3, 0.4) is 0 Å². The van der Waals surface area contributed by atoms with Gasteiger partial charge in [-0.3, -0.25) is 4.79 Å². The highest BCUT2D eigenvalue weighted by molar-refractivity contribution is 5.99. The van der Waals surface area contributed by atoms with E-state index in [0.29, 0.717) is 5.56 Å². The van der Waals surface area contributed by atoms with Crippen molar-refractivity contribution < 1.29 is 4.79 Å². The number of rotatable bonds is 4. The molecule has 1 atom stereocenters. The average Bonchev–Trinajstić information content (AvgIpc) is 3.17. The number of carbonyl (C=O) groups is 1. The molecule has 1 aliphatic heterocycles. The van der Waals surface area contributed by atoms with Crippen LogP contribution < -0.4 is 10.6 Å². The second-order valence-corrected chi connectivity index (χ2v) is 9.20. The summed E-state index contributed by atoms with van der Waals surface area (Å²) in [6, 6.07) is 20.9. The van der Waals surface area contributed by atoms with E-state index in [9.17, 15) is 4.79 Å². The van der Waals surface area contributed by atoms with Crippen LogP contribution in [-0.2, 0) is 11.1 Å². The van der Waals surface area contributed by atoms with E-state index >= 15 is 0 Å². The van der Waals surface area contributed by atoms with E-state index < -0.39 is 0 Å². The topological polar surface area (TPSA) is 59.0 Å². The van der Waals surface area contributed by atoms with Crippen LogP contribution in [0.1, 0.15) is 67.1 Å². The highest BCUT2D eigenvalue weighted by atomic mass is 16.2. The Morgan fingerprint density at radius 1 is 1.07 bits per heavy atom. The summed E-state index contributed by atoms with van der Waals surface area (Å²) in [6.45, 7) is 4.36. The molecular weight excluding hydrogens is 372 g/mol. The molecule has 1 unspecified atom stereocenters. The average molecular weight is 401 g/mol. The van der Waals surface area contributed by atoms with E-state index in [2.05, 4.69) is 66.0 Å². The van der Waals surface area contributed by atoms with Crippen LogP contribution in [0, 0.1) is 0 Å². The summed E-state index contributed by atoms with van der Waals surface area (Å²) in [7, 11) is 0. The Kier molecular flexibility index (Phi) is 4.42. The van der Waals surface area contributed by atoms with Crippen molar-refractivity contribution in [1.82, 2.24) is 15.1 Å². The second kappa shape index (κ2) is 7.01. The maximum atomic E-state index is 13.4. The Balaban J connectivity index is 1.46. The molecule has 5 heteroatoms.